The molecule has 3 aliphatic rings. The van der Waals surface area contributed by atoms with Gasteiger partial charge in [0.2, 0.25) is 27.9 Å². The summed E-state index contributed by atoms with van der Waals surface area (Å²) in [6, 6.07) is 5.68. The summed E-state index contributed by atoms with van der Waals surface area (Å²) < 4.78 is 46.3. The molecule has 5 heterocycles. The number of imidazole rings is 1. The van der Waals surface area contributed by atoms with Crippen LogP contribution in [0.15, 0.2) is 18.2 Å². The molecule has 3 aliphatic heterocycles. The summed E-state index contributed by atoms with van der Waals surface area (Å²) in [5, 5.41) is 0. The molecule has 1 aromatic carbocycles. The van der Waals surface area contributed by atoms with E-state index in [9.17, 15) is 8.42 Å². The third-order valence-corrected chi connectivity index (χ3v) is 10.1. The van der Waals surface area contributed by atoms with Crippen LogP contribution in [0.1, 0.15) is 12.2 Å². The minimum absolute atomic E-state index is 0.139. The van der Waals surface area contributed by atoms with Gasteiger partial charge in [0.1, 0.15) is 17.1 Å². The topological polar surface area (TPSA) is 157 Å². The summed E-state index contributed by atoms with van der Waals surface area (Å²) in [5.74, 6) is 2.80. The van der Waals surface area contributed by atoms with E-state index in [-0.39, 0.29) is 12.3 Å². The molecule has 0 atom stereocenters. The number of benzene rings is 1. The van der Waals surface area contributed by atoms with Crippen LogP contribution in [0.5, 0.6) is 5.75 Å². The first-order valence-electron chi connectivity index (χ1n) is 14.8. The lowest BCUT2D eigenvalue weighted by Gasteiger charge is -2.35. The second-order valence-electron chi connectivity index (χ2n) is 10.7. The zero-order valence-corrected chi connectivity index (χ0v) is 25.4. The molecule has 0 amide bonds. The highest BCUT2D eigenvalue weighted by Crippen LogP contribution is 2.29. The molecule has 2 N–H and O–H groups in total. The van der Waals surface area contributed by atoms with E-state index >= 15 is 0 Å². The number of ether oxygens (including phenoxy) is 3. The average molecular weight is 617 g/mol. The van der Waals surface area contributed by atoms with Gasteiger partial charge in [-0.25, -0.2) is 13.4 Å². The van der Waals surface area contributed by atoms with Crippen molar-refractivity contribution >= 4 is 33.0 Å². The molecule has 0 aliphatic carbocycles. The molecule has 15 nitrogen and oxygen atoms in total. The number of rotatable bonds is 10. The Morgan fingerprint density at radius 2 is 1.47 bits per heavy atom. The Labute approximate surface area is 251 Å². The Kier molecular flexibility index (Phi) is 9.20. The first-order chi connectivity index (χ1) is 21.0. The fraction of sp³-hybridized carbons (Fsp3) is 0.630. The van der Waals surface area contributed by atoms with Crippen LogP contribution in [-0.4, -0.2) is 140 Å². The Morgan fingerprint density at radius 3 is 2.12 bits per heavy atom. The largest absolute Gasteiger partial charge is 0.494 e. The molecule has 0 unspecified atom stereocenters. The Hall–Kier alpha value is -3.15. The van der Waals surface area contributed by atoms with E-state index < -0.39 is 10.0 Å². The van der Waals surface area contributed by atoms with Gasteiger partial charge >= 0.3 is 0 Å². The highest BCUT2D eigenvalue weighted by atomic mass is 32.2. The molecule has 3 saturated heterocycles. The van der Waals surface area contributed by atoms with Crippen LogP contribution < -0.4 is 20.3 Å². The predicted octanol–water partition coefficient (Wildman–Crippen LogP) is -0.311. The normalized spacial score (nSPS) is 19.3. The van der Waals surface area contributed by atoms with Gasteiger partial charge in [-0.3, -0.25) is 9.47 Å². The van der Waals surface area contributed by atoms with Crippen molar-refractivity contribution in [2.24, 2.45) is 5.73 Å². The molecule has 16 heteroatoms. The lowest BCUT2D eigenvalue weighted by molar-refractivity contribution is 0.0380. The molecule has 0 saturated carbocycles. The summed E-state index contributed by atoms with van der Waals surface area (Å²) in [4.78, 5) is 25.7. The molecule has 234 valence electrons. The zero-order valence-electron chi connectivity index (χ0n) is 24.6. The van der Waals surface area contributed by atoms with Gasteiger partial charge in [0, 0.05) is 52.4 Å². The summed E-state index contributed by atoms with van der Waals surface area (Å²) >= 11 is 0. The molecule has 0 radical (unpaired) electrons. The SMILES string of the molecule is COc1cccc2c1nc(CN)n2-c1nc(N2CCOCC2)nc(N2CCN(S(=O)(=O)CCCN3CCOCC3)CC2)n1. The van der Waals surface area contributed by atoms with Gasteiger partial charge in [0.05, 0.1) is 51.4 Å². The molecule has 0 spiro atoms. The van der Waals surface area contributed by atoms with Crippen LogP contribution in [-0.2, 0) is 26.0 Å². The molecule has 2 aromatic heterocycles. The van der Waals surface area contributed by atoms with Gasteiger partial charge in [0.15, 0.2) is 0 Å². The highest BCUT2D eigenvalue weighted by Gasteiger charge is 2.30. The summed E-state index contributed by atoms with van der Waals surface area (Å²) in [6.45, 7) is 8.21. The van der Waals surface area contributed by atoms with Gasteiger partial charge < -0.3 is 29.7 Å². The number of nitrogens with zero attached hydrogens (tertiary/aromatic N) is 9. The molecular formula is C27H40N10O5S. The van der Waals surface area contributed by atoms with Gasteiger partial charge in [-0.2, -0.15) is 19.3 Å². The number of morpholine rings is 2. The van der Waals surface area contributed by atoms with Crippen LogP contribution in [0.2, 0.25) is 0 Å². The lowest BCUT2D eigenvalue weighted by atomic mass is 10.3. The van der Waals surface area contributed by atoms with Gasteiger partial charge in [0.25, 0.3) is 0 Å². The molecule has 0 bridgehead atoms. The Balaban J connectivity index is 1.24. The van der Waals surface area contributed by atoms with Crippen molar-refractivity contribution in [2.75, 3.05) is 108 Å². The molecule has 3 fully saturated rings. The standard InChI is InChI=1S/C27H40N10O5S/c1-40-22-5-2-4-21-24(22)29-23(20-28)37(21)27-31-25(30-26(32-27)35-13-17-42-18-14-35)34-7-9-36(10-8-34)43(38,39)19-3-6-33-11-15-41-16-12-33/h2,4-5H,3,6-20,28H2,1H3. The van der Waals surface area contributed by atoms with Crippen LogP contribution in [0.3, 0.4) is 0 Å². The number of sulfonamides is 1. The minimum atomic E-state index is -3.36. The monoisotopic (exact) mass is 616 g/mol. The number of nitrogens with two attached hydrogens (primary N) is 1. The van der Waals surface area contributed by atoms with Crippen molar-refractivity contribution in [3.05, 3.63) is 24.0 Å². The Bertz CT molecular complexity index is 1500. The van der Waals surface area contributed by atoms with Crippen LogP contribution in [0.4, 0.5) is 11.9 Å². The molecular weight excluding hydrogens is 576 g/mol. The van der Waals surface area contributed by atoms with E-state index in [1.807, 2.05) is 27.7 Å². The lowest BCUT2D eigenvalue weighted by Crippen LogP contribution is -2.50. The van der Waals surface area contributed by atoms with E-state index in [0.29, 0.717) is 107 Å². The number of aromatic nitrogens is 5. The van der Waals surface area contributed by atoms with Crippen molar-refractivity contribution in [3.8, 4) is 11.7 Å². The number of para-hydroxylation sites is 1. The van der Waals surface area contributed by atoms with Gasteiger partial charge in [-0.15, -0.1) is 0 Å². The highest BCUT2D eigenvalue weighted by molar-refractivity contribution is 7.89. The molecule has 6 rings (SSSR count). The second-order valence-corrected chi connectivity index (χ2v) is 12.8. The summed E-state index contributed by atoms with van der Waals surface area (Å²) in [7, 11) is -1.75. The van der Waals surface area contributed by atoms with Crippen molar-refractivity contribution in [2.45, 2.75) is 13.0 Å². The number of piperazine rings is 1. The number of anilines is 2. The van der Waals surface area contributed by atoms with Crippen molar-refractivity contribution in [3.63, 3.8) is 0 Å². The van der Waals surface area contributed by atoms with E-state index in [1.54, 1.807) is 11.4 Å². The maximum atomic E-state index is 13.2. The zero-order chi connectivity index (χ0) is 29.8. The van der Waals surface area contributed by atoms with Crippen LogP contribution in [0, 0.1) is 0 Å². The van der Waals surface area contributed by atoms with Crippen LogP contribution in [0.25, 0.3) is 17.0 Å². The van der Waals surface area contributed by atoms with Crippen molar-refractivity contribution in [1.29, 1.82) is 0 Å². The third-order valence-electron chi connectivity index (χ3n) is 8.11. The quantitative estimate of drug-likeness (QED) is 0.317. The van der Waals surface area contributed by atoms with Crippen LogP contribution >= 0.6 is 0 Å². The molecule has 43 heavy (non-hydrogen) atoms. The van der Waals surface area contributed by atoms with Crippen molar-refractivity contribution < 1.29 is 22.6 Å². The van der Waals surface area contributed by atoms with Gasteiger partial charge in [-0.05, 0) is 25.1 Å². The maximum absolute atomic E-state index is 13.2. The molecule has 3 aromatic rings. The first-order valence-corrected chi connectivity index (χ1v) is 16.4. The smallest absolute Gasteiger partial charge is 0.242 e. The van der Waals surface area contributed by atoms with E-state index in [2.05, 4.69) is 9.80 Å². The summed E-state index contributed by atoms with van der Waals surface area (Å²) in [5.41, 5.74) is 7.58. The number of fused-ring (bicyclic) bond motifs is 1. The maximum Gasteiger partial charge on any atom is 0.242 e. The van der Waals surface area contributed by atoms with E-state index in [4.69, 9.17) is 39.9 Å². The van der Waals surface area contributed by atoms with E-state index in [1.165, 1.54) is 0 Å². The number of hydrogen-bond donors (Lipinski definition) is 1. The number of methoxy groups -OCH3 is 1. The fourth-order valence-electron chi connectivity index (χ4n) is 5.73. The Morgan fingerprint density at radius 1 is 0.837 bits per heavy atom. The average Bonchev–Trinajstić information content (AvgIpc) is 3.44. The first kappa shape index (κ1) is 29.9. The third kappa shape index (κ3) is 6.53. The minimum Gasteiger partial charge on any atom is -0.494 e. The van der Waals surface area contributed by atoms with E-state index in [0.717, 1.165) is 25.2 Å². The van der Waals surface area contributed by atoms with Crippen molar-refractivity contribution in [1.82, 2.24) is 33.7 Å². The summed E-state index contributed by atoms with van der Waals surface area (Å²) in [6.07, 6.45) is 0.607. The number of hydrogen-bond acceptors (Lipinski definition) is 13. The predicted molar refractivity (Wildman–Crippen MR) is 161 cm³/mol. The fourth-order valence-corrected chi connectivity index (χ4v) is 7.20. The second kappa shape index (κ2) is 13.2. The van der Waals surface area contributed by atoms with Gasteiger partial charge in [-0.1, -0.05) is 6.07 Å².